The van der Waals surface area contributed by atoms with E-state index in [1.807, 2.05) is 54.6 Å². The maximum atomic E-state index is 13.0. The number of carboxylic acids is 1. The molecule has 1 atom stereocenters. The van der Waals surface area contributed by atoms with Crippen molar-refractivity contribution in [2.45, 2.75) is 31.1 Å². The van der Waals surface area contributed by atoms with Gasteiger partial charge < -0.3 is 30.0 Å². The van der Waals surface area contributed by atoms with Gasteiger partial charge in [-0.2, -0.15) is 0 Å². The lowest BCUT2D eigenvalue weighted by Gasteiger charge is -2.20. The zero-order valence-electron chi connectivity index (χ0n) is 20.6. The Bertz CT molecular complexity index is 1290. The molecule has 1 fully saturated rings. The van der Waals surface area contributed by atoms with Crippen LogP contribution in [0.15, 0.2) is 72.8 Å². The second-order valence-corrected chi connectivity index (χ2v) is 9.14. The van der Waals surface area contributed by atoms with Crippen LogP contribution in [0.4, 0.5) is 10.5 Å². The van der Waals surface area contributed by atoms with Crippen LogP contribution >= 0.6 is 0 Å². The Balaban J connectivity index is 1.24. The molecule has 1 aliphatic heterocycles. The monoisotopic (exact) mass is 516 g/mol. The standard InChI is InChI=1S/C29H28N2O7/c32-26(33)13-12-25(27(34)30-19-7-5-6-18(16-19)28-36-14-15-37-28)31-29(35)38-17-24-22-10-3-1-8-20(22)21-9-2-4-11-23(21)24/h1-11,16,24-25,28H,12-15,17H2,(H,30,34)(H,31,35)(H,32,33). The molecule has 0 aromatic heterocycles. The van der Waals surface area contributed by atoms with Gasteiger partial charge in [-0.1, -0.05) is 60.7 Å². The summed E-state index contributed by atoms with van der Waals surface area (Å²) in [5.41, 5.74) is 5.56. The number of hydrogen-bond donors (Lipinski definition) is 3. The van der Waals surface area contributed by atoms with Gasteiger partial charge in [0.05, 0.1) is 13.2 Å². The molecule has 3 N–H and O–H groups in total. The van der Waals surface area contributed by atoms with E-state index in [4.69, 9.17) is 19.3 Å². The van der Waals surface area contributed by atoms with E-state index in [2.05, 4.69) is 10.6 Å². The van der Waals surface area contributed by atoms with E-state index >= 15 is 0 Å². The summed E-state index contributed by atoms with van der Waals surface area (Å²) >= 11 is 0. The first-order chi connectivity index (χ1) is 18.5. The highest BCUT2D eigenvalue weighted by atomic mass is 16.7. The predicted octanol–water partition coefficient (Wildman–Crippen LogP) is 4.44. The molecule has 3 aromatic rings. The van der Waals surface area contributed by atoms with Crippen LogP contribution in [0.3, 0.4) is 0 Å². The van der Waals surface area contributed by atoms with Crippen LogP contribution in [0.25, 0.3) is 11.1 Å². The van der Waals surface area contributed by atoms with Crippen LogP contribution < -0.4 is 10.6 Å². The SMILES string of the molecule is O=C(O)CCC(NC(=O)OCC1c2ccccc2-c2ccccc21)C(=O)Nc1cccc(C2OCCO2)c1. The molecule has 1 saturated heterocycles. The summed E-state index contributed by atoms with van der Waals surface area (Å²) in [4.78, 5) is 37.0. The topological polar surface area (TPSA) is 123 Å². The third-order valence-corrected chi connectivity index (χ3v) is 6.65. The number of hydrogen-bond acceptors (Lipinski definition) is 6. The van der Waals surface area contributed by atoms with E-state index in [-0.39, 0.29) is 25.4 Å². The Hall–Kier alpha value is -4.21. The minimum Gasteiger partial charge on any atom is -0.481 e. The van der Waals surface area contributed by atoms with E-state index in [1.54, 1.807) is 18.2 Å². The zero-order valence-corrected chi connectivity index (χ0v) is 20.6. The molecule has 5 rings (SSSR count). The minimum absolute atomic E-state index is 0.0799. The Morgan fingerprint density at radius 3 is 2.24 bits per heavy atom. The Morgan fingerprint density at radius 1 is 0.921 bits per heavy atom. The molecule has 2 amide bonds. The first-order valence-corrected chi connectivity index (χ1v) is 12.5. The Morgan fingerprint density at radius 2 is 1.58 bits per heavy atom. The highest BCUT2D eigenvalue weighted by Crippen LogP contribution is 2.44. The summed E-state index contributed by atoms with van der Waals surface area (Å²) in [7, 11) is 0. The fourth-order valence-corrected chi connectivity index (χ4v) is 4.86. The third kappa shape index (κ3) is 5.69. The van der Waals surface area contributed by atoms with Gasteiger partial charge >= 0.3 is 12.1 Å². The van der Waals surface area contributed by atoms with E-state index in [1.165, 1.54) is 0 Å². The summed E-state index contributed by atoms with van der Waals surface area (Å²) in [5, 5.41) is 14.4. The smallest absolute Gasteiger partial charge is 0.407 e. The first kappa shape index (κ1) is 25.4. The number of rotatable bonds is 9. The number of fused-ring (bicyclic) bond motifs is 3. The number of nitrogens with one attached hydrogen (secondary N) is 2. The molecule has 0 spiro atoms. The lowest BCUT2D eigenvalue weighted by atomic mass is 9.98. The van der Waals surface area contributed by atoms with E-state index in [9.17, 15) is 14.4 Å². The van der Waals surface area contributed by atoms with Crippen LogP contribution in [-0.2, 0) is 23.8 Å². The van der Waals surface area contributed by atoms with Crippen LogP contribution in [0, 0.1) is 0 Å². The van der Waals surface area contributed by atoms with Crippen molar-refractivity contribution in [3.8, 4) is 11.1 Å². The van der Waals surface area contributed by atoms with Gasteiger partial charge in [-0.25, -0.2) is 4.79 Å². The molecular formula is C29H28N2O7. The highest BCUT2D eigenvalue weighted by molar-refractivity contribution is 5.96. The molecule has 38 heavy (non-hydrogen) atoms. The average molecular weight is 517 g/mol. The predicted molar refractivity (Wildman–Crippen MR) is 139 cm³/mol. The van der Waals surface area contributed by atoms with Gasteiger partial charge in [-0.15, -0.1) is 0 Å². The molecule has 0 bridgehead atoms. The summed E-state index contributed by atoms with van der Waals surface area (Å²) < 4.78 is 16.6. The van der Waals surface area contributed by atoms with Gasteiger partial charge in [-0.3, -0.25) is 9.59 Å². The summed E-state index contributed by atoms with van der Waals surface area (Å²) in [6.07, 6.45) is -1.70. The molecule has 0 saturated carbocycles. The minimum atomic E-state index is -1.11. The van der Waals surface area contributed by atoms with Gasteiger partial charge in [0.2, 0.25) is 5.91 Å². The van der Waals surface area contributed by atoms with Crippen molar-refractivity contribution in [2.24, 2.45) is 0 Å². The number of benzene rings is 3. The van der Waals surface area contributed by atoms with Gasteiger partial charge in [0.1, 0.15) is 12.6 Å². The van der Waals surface area contributed by atoms with Crippen molar-refractivity contribution in [2.75, 3.05) is 25.1 Å². The van der Waals surface area contributed by atoms with Crippen LogP contribution in [0.1, 0.15) is 41.7 Å². The summed E-state index contributed by atoms with van der Waals surface area (Å²) in [5.74, 6) is -1.76. The molecule has 1 unspecified atom stereocenters. The lowest BCUT2D eigenvalue weighted by molar-refractivity contribution is -0.137. The molecule has 196 valence electrons. The van der Waals surface area contributed by atoms with Crippen molar-refractivity contribution in [3.05, 3.63) is 89.5 Å². The van der Waals surface area contributed by atoms with Crippen molar-refractivity contribution in [3.63, 3.8) is 0 Å². The Labute approximate surface area is 219 Å². The number of amides is 2. The normalized spacial score (nSPS) is 15.4. The van der Waals surface area contributed by atoms with Crippen molar-refractivity contribution in [1.29, 1.82) is 0 Å². The second-order valence-electron chi connectivity index (χ2n) is 9.14. The number of carbonyl (C=O) groups excluding carboxylic acids is 2. The Kier molecular flexibility index (Phi) is 7.67. The molecule has 1 heterocycles. The number of carboxylic acid groups (broad SMARTS) is 1. The molecular weight excluding hydrogens is 488 g/mol. The van der Waals surface area contributed by atoms with Crippen LogP contribution in [-0.4, -0.2) is 48.9 Å². The first-order valence-electron chi connectivity index (χ1n) is 12.5. The zero-order chi connectivity index (χ0) is 26.5. The van der Waals surface area contributed by atoms with Crippen molar-refractivity contribution >= 4 is 23.7 Å². The van der Waals surface area contributed by atoms with Gasteiger partial charge in [0.25, 0.3) is 0 Å². The third-order valence-electron chi connectivity index (χ3n) is 6.65. The molecule has 9 heteroatoms. The van der Waals surface area contributed by atoms with Gasteiger partial charge in [-0.05, 0) is 40.8 Å². The number of ether oxygens (including phenoxy) is 3. The second kappa shape index (κ2) is 11.5. The van der Waals surface area contributed by atoms with E-state index < -0.39 is 30.3 Å². The molecule has 1 aliphatic carbocycles. The fraction of sp³-hybridized carbons (Fsp3) is 0.276. The molecule has 2 aliphatic rings. The summed E-state index contributed by atoms with van der Waals surface area (Å²) in [6.45, 7) is 1.06. The quantitative estimate of drug-likeness (QED) is 0.384. The fourth-order valence-electron chi connectivity index (χ4n) is 4.86. The van der Waals surface area contributed by atoms with E-state index in [0.717, 1.165) is 27.8 Å². The average Bonchev–Trinajstić information content (AvgIpc) is 3.57. The number of carbonyl (C=O) groups is 3. The van der Waals surface area contributed by atoms with Crippen molar-refractivity contribution < 1.29 is 33.7 Å². The highest BCUT2D eigenvalue weighted by Gasteiger charge is 2.30. The largest absolute Gasteiger partial charge is 0.481 e. The number of anilines is 1. The molecule has 3 aromatic carbocycles. The van der Waals surface area contributed by atoms with Crippen molar-refractivity contribution in [1.82, 2.24) is 5.32 Å². The van der Waals surface area contributed by atoms with Crippen LogP contribution in [0.2, 0.25) is 0 Å². The number of alkyl carbamates (subject to hydrolysis) is 1. The van der Waals surface area contributed by atoms with Gasteiger partial charge in [0.15, 0.2) is 6.29 Å². The maximum absolute atomic E-state index is 13.0. The lowest BCUT2D eigenvalue weighted by Crippen LogP contribution is -2.44. The van der Waals surface area contributed by atoms with Crippen LogP contribution in [0.5, 0.6) is 0 Å². The molecule has 9 nitrogen and oxygen atoms in total. The summed E-state index contributed by atoms with van der Waals surface area (Å²) in [6, 6.07) is 21.8. The van der Waals surface area contributed by atoms with E-state index in [0.29, 0.717) is 18.9 Å². The number of aliphatic carboxylic acids is 1. The maximum Gasteiger partial charge on any atom is 0.407 e. The van der Waals surface area contributed by atoms with Gasteiger partial charge in [0, 0.05) is 23.6 Å². The molecule has 0 radical (unpaired) electrons.